The fourth-order valence-corrected chi connectivity index (χ4v) is 4.46. The minimum atomic E-state index is -0.215. The lowest BCUT2D eigenvalue weighted by Gasteiger charge is -2.36. The van der Waals surface area contributed by atoms with Gasteiger partial charge in [-0.05, 0) is 48.8 Å². The number of rotatable bonds is 6. The van der Waals surface area contributed by atoms with Crippen molar-refractivity contribution >= 4 is 11.8 Å². The highest BCUT2D eigenvalue weighted by atomic mass is 16.5. The summed E-state index contributed by atoms with van der Waals surface area (Å²) in [6.07, 6.45) is 7.76. The zero-order valence-electron chi connectivity index (χ0n) is 17.5. The highest BCUT2D eigenvalue weighted by Gasteiger charge is 2.30. The van der Waals surface area contributed by atoms with Gasteiger partial charge in [-0.3, -0.25) is 9.59 Å². The molecule has 1 saturated carbocycles. The van der Waals surface area contributed by atoms with Crippen molar-refractivity contribution in [2.75, 3.05) is 6.54 Å². The molecule has 1 aromatic heterocycles. The largest absolute Gasteiger partial charge is 0.474 e. The quantitative estimate of drug-likeness (QED) is 0.795. The van der Waals surface area contributed by atoms with Crippen LogP contribution >= 0.6 is 0 Å². The molecule has 2 amide bonds. The van der Waals surface area contributed by atoms with E-state index in [1.165, 1.54) is 18.4 Å². The summed E-state index contributed by atoms with van der Waals surface area (Å²) in [5.74, 6) is 0.575. The third-order valence-corrected chi connectivity index (χ3v) is 6.07. The number of nitrogens with one attached hydrogen (secondary N) is 1. The summed E-state index contributed by atoms with van der Waals surface area (Å²) < 4.78 is 5.89. The van der Waals surface area contributed by atoms with Crippen LogP contribution in [0.3, 0.4) is 0 Å². The van der Waals surface area contributed by atoms with Crippen LogP contribution in [0.4, 0.5) is 0 Å². The first-order valence-electron chi connectivity index (χ1n) is 10.8. The van der Waals surface area contributed by atoms with E-state index >= 15 is 0 Å². The van der Waals surface area contributed by atoms with Crippen LogP contribution in [0.5, 0.6) is 5.88 Å². The molecule has 6 nitrogen and oxygen atoms in total. The van der Waals surface area contributed by atoms with Crippen LogP contribution in [0, 0.1) is 0 Å². The van der Waals surface area contributed by atoms with E-state index < -0.39 is 0 Å². The van der Waals surface area contributed by atoms with Crippen molar-refractivity contribution in [3.05, 3.63) is 59.3 Å². The number of ether oxygens (including phenoxy) is 1. The first-order valence-corrected chi connectivity index (χ1v) is 10.8. The number of carbonyl (C=O) groups is 2. The van der Waals surface area contributed by atoms with Crippen LogP contribution in [0.25, 0.3) is 0 Å². The van der Waals surface area contributed by atoms with Crippen molar-refractivity contribution in [2.45, 2.75) is 64.1 Å². The Morgan fingerprint density at radius 3 is 2.70 bits per heavy atom. The molecule has 1 fully saturated rings. The zero-order valence-corrected chi connectivity index (χ0v) is 17.5. The average molecular weight is 408 g/mol. The molecule has 158 valence electrons. The molecule has 6 heteroatoms. The summed E-state index contributed by atoms with van der Waals surface area (Å²) in [7, 11) is 0. The molecule has 1 unspecified atom stereocenters. The number of nitrogens with zero attached hydrogens (tertiary/aromatic N) is 2. The molecule has 0 saturated heterocycles. The predicted molar refractivity (Wildman–Crippen MR) is 114 cm³/mol. The van der Waals surface area contributed by atoms with Crippen molar-refractivity contribution in [3.63, 3.8) is 0 Å². The lowest BCUT2D eigenvalue weighted by Crippen LogP contribution is -2.41. The van der Waals surface area contributed by atoms with Gasteiger partial charge in [0, 0.05) is 32.3 Å². The number of benzene rings is 1. The fraction of sp³-hybridized carbons (Fsp3) is 0.458. The van der Waals surface area contributed by atoms with E-state index in [1.807, 2.05) is 30.3 Å². The van der Waals surface area contributed by atoms with E-state index in [1.54, 1.807) is 18.0 Å². The molecule has 1 aromatic carbocycles. The van der Waals surface area contributed by atoms with Crippen molar-refractivity contribution in [1.82, 2.24) is 15.2 Å². The minimum absolute atomic E-state index is 0.00403. The Hall–Kier alpha value is -2.89. The standard InChI is InChI=1S/C24H29N3O3/c1-17(28)27-13-12-19-6-2-5-9-21(19)22(27)14-23(29)25-15-18-10-11-24(26-16-18)30-20-7-3-4-8-20/h2,5-6,9-11,16,20,22H,3-4,7-8,12-15H2,1H3,(H,25,29). The molecular weight excluding hydrogens is 378 g/mol. The van der Waals surface area contributed by atoms with Gasteiger partial charge >= 0.3 is 0 Å². The van der Waals surface area contributed by atoms with Gasteiger partial charge in [-0.2, -0.15) is 0 Å². The molecule has 1 N–H and O–H groups in total. The van der Waals surface area contributed by atoms with Crippen LogP contribution in [0.15, 0.2) is 42.6 Å². The Morgan fingerprint density at radius 2 is 1.97 bits per heavy atom. The van der Waals surface area contributed by atoms with E-state index in [0.29, 0.717) is 19.0 Å². The monoisotopic (exact) mass is 407 g/mol. The summed E-state index contributed by atoms with van der Waals surface area (Å²) in [5.41, 5.74) is 3.22. The Labute approximate surface area is 177 Å². The van der Waals surface area contributed by atoms with Crippen LogP contribution < -0.4 is 10.1 Å². The Kier molecular flexibility index (Phi) is 6.31. The lowest BCUT2D eigenvalue weighted by atomic mass is 9.90. The van der Waals surface area contributed by atoms with Crippen molar-refractivity contribution in [2.24, 2.45) is 0 Å². The Balaban J connectivity index is 1.34. The van der Waals surface area contributed by atoms with Gasteiger partial charge in [0.2, 0.25) is 17.7 Å². The highest BCUT2D eigenvalue weighted by Crippen LogP contribution is 2.32. The molecule has 2 heterocycles. The van der Waals surface area contributed by atoms with Gasteiger partial charge in [0.15, 0.2) is 0 Å². The normalized spacial score (nSPS) is 18.7. The molecule has 1 aliphatic carbocycles. The van der Waals surface area contributed by atoms with Gasteiger partial charge in [-0.1, -0.05) is 30.3 Å². The average Bonchev–Trinajstić information content (AvgIpc) is 3.26. The Morgan fingerprint density at radius 1 is 1.17 bits per heavy atom. The maximum absolute atomic E-state index is 12.7. The second-order valence-electron chi connectivity index (χ2n) is 8.19. The molecule has 4 rings (SSSR count). The van der Waals surface area contributed by atoms with Crippen molar-refractivity contribution < 1.29 is 14.3 Å². The molecule has 0 radical (unpaired) electrons. The SMILES string of the molecule is CC(=O)N1CCc2ccccc2C1CC(=O)NCc1ccc(OC2CCCC2)nc1. The summed E-state index contributed by atoms with van der Waals surface area (Å²) in [4.78, 5) is 31.0. The number of pyridine rings is 1. The molecule has 1 atom stereocenters. The van der Waals surface area contributed by atoms with Crippen LogP contribution in [-0.4, -0.2) is 34.3 Å². The van der Waals surface area contributed by atoms with Crippen molar-refractivity contribution in [1.29, 1.82) is 0 Å². The smallest absolute Gasteiger partial charge is 0.222 e. The molecule has 2 aliphatic rings. The molecule has 30 heavy (non-hydrogen) atoms. The maximum atomic E-state index is 12.7. The summed E-state index contributed by atoms with van der Waals surface area (Å²) in [6, 6.07) is 11.7. The summed E-state index contributed by atoms with van der Waals surface area (Å²) in [6.45, 7) is 2.63. The number of amides is 2. The number of carbonyl (C=O) groups excluding carboxylic acids is 2. The second kappa shape index (κ2) is 9.28. The molecule has 1 aliphatic heterocycles. The van der Waals surface area contributed by atoms with E-state index in [9.17, 15) is 9.59 Å². The molecular formula is C24H29N3O3. The zero-order chi connectivity index (χ0) is 20.9. The van der Waals surface area contributed by atoms with Crippen molar-refractivity contribution in [3.8, 4) is 5.88 Å². The first-order chi connectivity index (χ1) is 14.6. The topological polar surface area (TPSA) is 71.5 Å². The van der Waals surface area contributed by atoms with Gasteiger partial charge in [0.1, 0.15) is 6.10 Å². The number of fused-ring (bicyclic) bond motifs is 1. The molecule has 0 spiro atoms. The van der Waals surface area contributed by atoms with Gasteiger partial charge in [-0.25, -0.2) is 4.98 Å². The fourth-order valence-electron chi connectivity index (χ4n) is 4.46. The molecule has 0 bridgehead atoms. The van der Waals surface area contributed by atoms with Crippen LogP contribution in [0.2, 0.25) is 0 Å². The van der Waals surface area contributed by atoms with Gasteiger partial charge in [0.25, 0.3) is 0 Å². The highest BCUT2D eigenvalue weighted by molar-refractivity contribution is 5.79. The van der Waals surface area contributed by atoms with Gasteiger partial charge in [-0.15, -0.1) is 0 Å². The van der Waals surface area contributed by atoms with Gasteiger partial charge in [0.05, 0.1) is 12.5 Å². The van der Waals surface area contributed by atoms with E-state index in [0.717, 1.165) is 30.4 Å². The minimum Gasteiger partial charge on any atom is -0.474 e. The number of hydrogen-bond donors (Lipinski definition) is 1. The van der Waals surface area contributed by atoms with Crippen LogP contribution in [-0.2, 0) is 22.6 Å². The maximum Gasteiger partial charge on any atom is 0.222 e. The molecule has 2 aromatic rings. The van der Waals surface area contributed by atoms with E-state index in [2.05, 4.69) is 16.4 Å². The first kappa shape index (κ1) is 20.4. The lowest BCUT2D eigenvalue weighted by molar-refractivity contribution is -0.133. The second-order valence-corrected chi connectivity index (χ2v) is 8.19. The van der Waals surface area contributed by atoms with Gasteiger partial charge < -0.3 is 15.0 Å². The van der Waals surface area contributed by atoms with E-state index in [-0.39, 0.29) is 30.4 Å². The van der Waals surface area contributed by atoms with E-state index in [4.69, 9.17) is 4.74 Å². The third kappa shape index (κ3) is 4.81. The summed E-state index contributed by atoms with van der Waals surface area (Å²) >= 11 is 0. The Bertz CT molecular complexity index is 891. The predicted octanol–water partition coefficient (Wildman–Crippen LogP) is 3.56. The third-order valence-electron chi connectivity index (χ3n) is 6.07. The van der Waals surface area contributed by atoms with Crippen LogP contribution in [0.1, 0.15) is 61.8 Å². The number of aromatic nitrogens is 1. The summed E-state index contributed by atoms with van der Waals surface area (Å²) in [5, 5.41) is 2.97. The number of hydrogen-bond acceptors (Lipinski definition) is 4.